The first kappa shape index (κ1) is 19.4. The Balaban J connectivity index is 1.65. The monoisotopic (exact) mass is 445 g/mol. The highest BCUT2D eigenvalue weighted by Crippen LogP contribution is 2.32. The van der Waals surface area contributed by atoms with Crippen LogP contribution in [0.5, 0.6) is 11.5 Å². The first-order chi connectivity index (χ1) is 13.5. The molecule has 3 rings (SSSR count). The van der Waals surface area contributed by atoms with E-state index >= 15 is 0 Å². The molecule has 3 N–H and O–H groups in total. The maximum Gasteiger partial charge on any atom is 0.307 e. The lowest BCUT2D eigenvalue weighted by atomic mass is 10.2. The zero-order valence-electron chi connectivity index (χ0n) is 14.8. The van der Waals surface area contributed by atoms with Gasteiger partial charge in [-0.25, -0.2) is 5.43 Å². The third kappa shape index (κ3) is 4.68. The fraction of sp³-hybridized carbons (Fsp3) is 0.105. The Morgan fingerprint density at radius 2 is 2.00 bits per heavy atom. The number of nitrogens with one attached hydrogen (secondary N) is 1. The Morgan fingerprint density at radius 3 is 2.68 bits per heavy atom. The number of halogens is 1. The van der Waals surface area contributed by atoms with Crippen molar-refractivity contribution < 1.29 is 23.5 Å². The van der Waals surface area contributed by atoms with Crippen LogP contribution in [0.25, 0.3) is 11.0 Å². The molecule has 1 heterocycles. The van der Waals surface area contributed by atoms with Crippen molar-refractivity contribution in [2.24, 2.45) is 10.8 Å². The minimum atomic E-state index is -0.552. The van der Waals surface area contributed by atoms with Gasteiger partial charge in [-0.3, -0.25) is 9.59 Å². The third-order valence-electron chi connectivity index (χ3n) is 3.63. The molecule has 1 aromatic heterocycles. The van der Waals surface area contributed by atoms with Crippen LogP contribution < -0.4 is 20.6 Å². The molecule has 0 aliphatic rings. The van der Waals surface area contributed by atoms with Crippen LogP contribution in [0.1, 0.15) is 16.1 Å². The zero-order valence-corrected chi connectivity index (χ0v) is 16.4. The average molecular weight is 446 g/mol. The van der Waals surface area contributed by atoms with E-state index in [1.54, 1.807) is 36.4 Å². The minimum absolute atomic E-state index is 0.110. The molecule has 0 spiro atoms. The van der Waals surface area contributed by atoms with Crippen LogP contribution in [0, 0.1) is 0 Å². The number of hydrogen-bond donors (Lipinski definition) is 2. The number of hydrazone groups is 1. The summed E-state index contributed by atoms with van der Waals surface area (Å²) < 4.78 is 16.8. The van der Waals surface area contributed by atoms with Gasteiger partial charge in [-0.1, -0.05) is 15.9 Å². The number of methoxy groups -OCH3 is 1. The van der Waals surface area contributed by atoms with Gasteiger partial charge in [0.25, 0.3) is 5.91 Å². The van der Waals surface area contributed by atoms with Crippen LogP contribution in [-0.2, 0) is 4.79 Å². The summed E-state index contributed by atoms with van der Waals surface area (Å²) in [5, 5.41) is 4.64. The number of nitrogens with two attached hydrogens (primary N) is 1. The lowest BCUT2D eigenvalue weighted by Gasteiger charge is -2.03. The number of furan rings is 1. The highest BCUT2D eigenvalue weighted by atomic mass is 79.9. The van der Waals surface area contributed by atoms with Crippen molar-refractivity contribution in [2.45, 2.75) is 0 Å². The van der Waals surface area contributed by atoms with Gasteiger partial charge in [0.15, 0.2) is 23.7 Å². The molecule has 0 atom stereocenters. The summed E-state index contributed by atoms with van der Waals surface area (Å²) in [5.41, 5.74) is 8.63. The molecule has 28 heavy (non-hydrogen) atoms. The molecule has 0 aliphatic heterocycles. The topological polar surface area (TPSA) is 116 Å². The normalized spacial score (nSPS) is 10.9. The molecule has 2 amide bonds. The quantitative estimate of drug-likeness (QED) is 0.428. The summed E-state index contributed by atoms with van der Waals surface area (Å²) in [6.45, 7) is -0.192. The molecule has 0 bridgehead atoms. The van der Waals surface area contributed by atoms with Crippen molar-refractivity contribution in [2.75, 3.05) is 13.7 Å². The Kier molecular flexibility index (Phi) is 5.95. The molecule has 9 heteroatoms. The van der Waals surface area contributed by atoms with Crippen molar-refractivity contribution in [3.8, 4) is 11.5 Å². The smallest absolute Gasteiger partial charge is 0.307 e. The van der Waals surface area contributed by atoms with E-state index < -0.39 is 11.8 Å². The van der Waals surface area contributed by atoms with E-state index in [-0.39, 0.29) is 12.4 Å². The van der Waals surface area contributed by atoms with Crippen molar-refractivity contribution in [1.82, 2.24) is 5.43 Å². The molecule has 0 saturated carbocycles. The number of primary amides is 1. The second kappa shape index (κ2) is 8.57. The maximum absolute atomic E-state index is 12.3. The lowest BCUT2D eigenvalue weighted by Crippen LogP contribution is -2.20. The number of rotatable bonds is 7. The van der Waals surface area contributed by atoms with Crippen LogP contribution in [0.4, 0.5) is 0 Å². The number of nitrogens with zero attached hydrogens (tertiary/aromatic N) is 1. The van der Waals surface area contributed by atoms with E-state index in [1.807, 2.05) is 6.07 Å². The molecule has 144 valence electrons. The molecule has 0 unspecified atom stereocenters. The van der Waals surface area contributed by atoms with E-state index in [0.717, 1.165) is 15.4 Å². The number of hydrogen-bond acceptors (Lipinski definition) is 6. The second-order valence-electron chi connectivity index (χ2n) is 5.66. The van der Waals surface area contributed by atoms with Crippen molar-refractivity contribution in [3.05, 3.63) is 58.3 Å². The van der Waals surface area contributed by atoms with Gasteiger partial charge in [0.05, 0.1) is 13.3 Å². The van der Waals surface area contributed by atoms with Crippen molar-refractivity contribution >= 4 is 44.9 Å². The van der Waals surface area contributed by atoms with Gasteiger partial charge in [-0.15, -0.1) is 0 Å². The molecule has 0 saturated heterocycles. The highest BCUT2D eigenvalue weighted by molar-refractivity contribution is 9.10. The van der Waals surface area contributed by atoms with Crippen molar-refractivity contribution in [1.29, 1.82) is 0 Å². The van der Waals surface area contributed by atoms with E-state index in [2.05, 4.69) is 26.5 Å². The number of ether oxygens (including phenoxy) is 2. The fourth-order valence-electron chi connectivity index (χ4n) is 2.37. The Labute approximate surface area is 168 Å². The first-order valence-corrected chi connectivity index (χ1v) is 8.87. The molecule has 0 fully saturated rings. The van der Waals surface area contributed by atoms with Gasteiger partial charge in [0, 0.05) is 9.86 Å². The third-order valence-corrected chi connectivity index (χ3v) is 4.09. The van der Waals surface area contributed by atoms with Crippen LogP contribution >= 0.6 is 15.9 Å². The predicted molar refractivity (Wildman–Crippen MR) is 107 cm³/mol. The van der Waals surface area contributed by atoms with Gasteiger partial charge >= 0.3 is 5.91 Å². The Bertz CT molecular complexity index is 1040. The Morgan fingerprint density at radius 1 is 1.25 bits per heavy atom. The number of amides is 2. The standard InChI is InChI=1S/C19H16BrN3O5/c1-26-15-8-13(20)6-12-7-16(28-18(12)15)19(25)23-22-9-11-2-4-14(5-3-11)27-10-17(21)24/h2-9H,10H2,1H3,(H2,21,24)(H,23,25)/b22-9-. The molecule has 8 nitrogen and oxygen atoms in total. The van der Waals surface area contributed by atoms with Crippen LogP contribution in [0.3, 0.4) is 0 Å². The summed E-state index contributed by atoms with van der Waals surface area (Å²) in [6, 6.07) is 11.9. The second-order valence-corrected chi connectivity index (χ2v) is 6.58. The maximum atomic E-state index is 12.3. The van der Waals surface area contributed by atoms with Crippen LogP contribution in [0.15, 0.2) is 56.5 Å². The van der Waals surface area contributed by atoms with Crippen LogP contribution in [0.2, 0.25) is 0 Å². The number of carbonyl (C=O) groups excluding carboxylic acids is 2. The Hall–Kier alpha value is -3.33. The van der Waals surface area contributed by atoms with E-state index in [4.69, 9.17) is 19.6 Å². The highest BCUT2D eigenvalue weighted by Gasteiger charge is 2.15. The summed E-state index contributed by atoms with van der Waals surface area (Å²) in [4.78, 5) is 22.9. The van der Waals surface area contributed by atoms with Crippen molar-refractivity contribution in [3.63, 3.8) is 0 Å². The van der Waals surface area contributed by atoms with E-state index in [0.29, 0.717) is 17.1 Å². The van der Waals surface area contributed by atoms with Gasteiger partial charge in [0.2, 0.25) is 0 Å². The van der Waals surface area contributed by atoms with Gasteiger partial charge < -0.3 is 19.6 Å². The molecule has 2 aromatic carbocycles. The zero-order chi connectivity index (χ0) is 20.1. The average Bonchev–Trinajstić information content (AvgIpc) is 3.10. The SMILES string of the molecule is COc1cc(Br)cc2cc(C(=O)N/N=C\c3ccc(OCC(N)=O)cc3)oc12. The summed E-state index contributed by atoms with van der Waals surface area (Å²) in [6.07, 6.45) is 1.47. The van der Waals surface area contributed by atoms with E-state index in [1.165, 1.54) is 13.3 Å². The van der Waals surface area contributed by atoms with Crippen LogP contribution in [-0.4, -0.2) is 31.7 Å². The fourth-order valence-corrected chi connectivity index (χ4v) is 2.83. The van der Waals surface area contributed by atoms with Gasteiger partial charge in [-0.2, -0.15) is 5.10 Å². The molecular weight excluding hydrogens is 430 g/mol. The molecular formula is C19H16BrN3O5. The number of carbonyl (C=O) groups is 2. The summed E-state index contributed by atoms with van der Waals surface area (Å²) in [7, 11) is 1.53. The number of fused-ring (bicyclic) bond motifs is 1. The van der Waals surface area contributed by atoms with Gasteiger partial charge in [-0.05, 0) is 48.0 Å². The van der Waals surface area contributed by atoms with Gasteiger partial charge in [0.1, 0.15) is 5.75 Å². The molecule has 3 aromatic rings. The van der Waals surface area contributed by atoms with E-state index in [9.17, 15) is 9.59 Å². The lowest BCUT2D eigenvalue weighted by molar-refractivity contribution is -0.119. The first-order valence-electron chi connectivity index (χ1n) is 8.08. The summed E-state index contributed by atoms with van der Waals surface area (Å²) in [5.74, 6) is 0.0858. The number of benzene rings is 2. The molecule has 0 aliphatic carbocycles. The largest absolute Gasteiger partial charge is 0.493 e. The predicted octanol–water partition coefficient (Wildman–Crippen LogP) is 2.83. The minimum Gasteiger partial charge on any atom is -0.493 e. The molecule has 0 radical (unpaired) electrons. The summed E-state index contributed by atoms with van der Waals surface area (Å²) >= 11 is 3.38.